The Labute approximate surface area is 142 Å². The maximum atomic E-state index is 14.6. The van der Waals surface area contributed by atoms with Crippen LogP contribution in [0.3, 0.4) is 0 Å². The number of rotatable bonds is 2. The van der Waals surface area contributed by atoms with E-state index in [9.17, 15) is 9.18 Å². The fourth-order valence-corrected chi connectivity index (χ4v) is 3.32. The molecule has 1 atom stereocenters. The van der Waals surface area contributed by atoms with Gasteiger partial charge in [-0.15, -0.1) is 0 Å². The standard InChI is InChI=1S/C16H15ClFN5O/c17-11-3-4-12-21-13(14(18)23(12)9-11)16(24)22-7-1-2-10(8-22)15-19-5-6-20-15/h3-6,9-10H,1-2,7-8H2,(H,19,20)/t10-/m1/s1. The molecule has 0 radical (unpaired) electrons. The molecule has 0 aromatic carbocycles. The summed E-state index contributed by atoms with van der Waals surface area (Å²) in [4.78, 5) is 25.9. The number of pyridine rings is 1. The molecule has 3 aromatic heterocycles. The number of hydrogen-bond acceptors (Lipinski definition) is 3. The first-order chi connectivity index (χ1) is 11.6. The highest BCUT2D eigenvalue weighted by Crippen LogP contribution is 2.26. The van der Waals surface area contributed by atoms with E-state index in [4.69, 9.17) is 11.6 Å². The number of carbonyl (C=O) groups is 1. The van der Waals surface area contributed by atoms with Gasteiger partial charge in [0, 0.05) is 37.6 Å². The largest absolute Gasteiger partial charge is 0.348 e. The number of fused-ring (bicyclic) bond motifs is 1. The Morgan fingerprint density at radius 3 is 3.08 bits per heavy atom. The molecule has 4 rings (SSSR count). The number of likely N-dealkylation sites (tertiary alicyclic amines) is 1. The Bertz CT molecular complexity index is 891. The maximum Gasteiger partial charge on any atom is 0.277 e. The summed E-state index contributed by atoms with van der Waals surface area (Å²) in [6, 6.07) is 3.20. The van der Waals surface area contributed by atoms with Crippen LogP contribution in [0.25, 0.3) is 5.65 Å². The van der Waals surface area contributed by atoms with E-state index < -0.39 is 11.9 Å². The number of hydrogen-bond donors (Lipinski definition) is 1. The molecule has 0 unspecified atom stereocenters. The van der Waals surface area contributed by atoms with Gasteiger partial charge in [0.05, 0.1) is 5.02 Å². The number of H-pyrrole nitrogens is 1. The molecule has 8 heteroatoms. The van der Waals surface area contributed by atoms with Crippen molar-refractivity contribution in [3.05, 3.63) is 53.2 Å². The minimum atomic E-state index is -0.683. The number of nitrogens with zero attached hydrogens (tertiary/aromatic N) is 4. The number of nitrogens with one attached hydrogen (secondary N) is 1. The smallest absolute Gasteiger partial charge is 0.277 e. The zero-order valence-corrected chi connectivity index (χ0v) is 13.5. The molecule has 124 valence electrons. The molecule has 0 spiro atoms. The van der Waals surface area contributed by atoms with Gasteiger partial charge in [0.25, 0.3) is 5.91 Å². The Balaban J connectivity index is 1.62. The van der Waals surface area contributed by atoms with Crippen molar-refractivity contribution in [2.24, 2.45) is 0 Å². The van der Waals surface area contributed by atoms with Gasteiger partial charge in [-0.05, 0) is 25.0 Å². The molecule has 1 fully saturated rings. The summed E-state index contributed by atoms with van der Waals surface area (Å²) in [6.07, 6.45) is 6.67. The number of aromatic amines is 1. The molecule has 1 amide bonds. The second kappa shape index (κ2) is 5.90. The summed E-state index contributed by atoms with van der Waals surface area (Å²) < 4.78 is 15.8. The van der Waals surface area contributed by atoms with Crippen molar-refractivity contribution in [3.63, 3.8) is 0 Å². The topological polar surface area (TPSA) is 66.3 Å². The van der Waals surface area contributed by atoms with Crippen LogP contribution in [0, 0.1) is 5.95 Å². The first-order valence-corrected chi connectivity index (χ1v) is 8.13. The van der Waals surface area contributed by atoms with Gasteiger partial charge in [-0.3, -0.25) is 9.20 Å². The van der Waals surface area contributed by atoms with Crippen molar-refractivity contribution in [3.8, 4) is 0 Å². The Hall–Kier alpha value is -2.41. The monoisotopic (exact) mass is 347 g/mol. The van der Waals surface area contributed by atoms with Crippen LogP contribution in [0.15, 0.2) is 30.7 Å². The van der Waals surface area contributed by atoms with Gasteiger partial charge in [-0.1, -0.05) is 11.6 Å². The molecule has 0 saturated carbocycles. The lowest BCUT2D eigenvalue weighted by molar-refractivity contribution is 0.0694. The van der Waals surface area contributed by atoms with E-state index in [0.29, 0.717) is 23.8 Å². The molecule has 4 heterocycles. The van der Waals surface area contributed by atoms with Crippen LogP contribution in [0.2, 0.25) is 5.02 Å². The molecule has 6 nitrogen and oxygen atoms in total. The molecule has 0 bridgehead atoms. The summed E-state index contributed by atoms with van der Waals surface area (Å²) >= 11 is 5.88. The summed E-state index contributed by atoms with van der Waals surface area (Å²) in [5.74, 6) is -0.0943. The number of halogens is 2. The van der Waals surface area contributed by atoms with Gasteiger partial charge >= 0.3 is 0 Å². The molecule has 1 aliphatic rings. The number of piperidine rings is 1. The average Bonchev–Trinajstić information content (AvgIpc) is 3.24. The quantitative estimate of drug-likeness (QED) is 0.775. The van der Waals surface area contributed by atoms with Gasteiger partial charge in [-0.25, -0.2) is 9.97 Å². The Morgan fingerprint density at radius 1 is 1.42 bits per heavy atom. The zero-order valence-electron chi connectivity index (χ0n) is 12.7. The second-order valence-corrected chi connectivity index (χ2v) is 6.33. The lowest BCUT2D eigenvalue weighted by atomic mass is 9.97. The van der Waals surface area contributed by atoms with E-state index in [1.54, 1.807) is 29.4 Å². The normalized spacial score (nSPS) is 18.2. The van der Waals surface area contributed by atoms with E-state index >= 15 is 0 Å². The minimum absolute atomic E-state index is 0.132. The van der Waals surface area contributed by atoms with Gasteiger partial charge in [-0.2, -0.15) is 4.39 Å². The summed E-state index contributed by atoms with van der Waals surface area (Å²) in [6.45, 7) is 1.09. The third-order valence-electron chi connectivity index (χ3n) is 4.34. The van der Waals surface area contributed by atoms with Crippen LogP contribution in [-0.4, -0.2) is 43.2 Å². The van der Waals surface area contributed by atoms with E-state index in [1.165, 1.54) is 10.6 Å². The van der Waals surface area contributed by atoms with Crippen LogP contribution >= 0.6 is 11.6 Å². The second-order valence-electron chi connectivity index (χ2n) is 5.89. The van der Waals surface area contributed by atoms with Crippen molar-refractivity contribution >= 4 is 23.2 Å². The first kappa shape index (κ1) is 15.1. The third kappa shape index (κ3) is 2.54. The number of imidazole rings is 2. The molecule has 0 aliphatic carbocycles. The van der Waals surface area contributed by atoms with Crippen LogP contribution in [0.4, 0.5) is 4.39 Å². The summed E-state index contributed by atoms with van der Waals surface area (Å²) in [5.41, 5.74) is 0.192. The first-order valence-electron chi connectivity index (χ1n) is 7.75. The van der Waals surface area contributed by atoms with Crippen molar-refractivity contribution < 1.29 is 9.18 Å². The highest BCUT2D eigenvalue weighted by Gasteiger charge is 2.30. The van der Waals surface area contributed by atoms with Gasteiger partial charge in [0.2, 0.25) is 5.95 Å². The van der Waals surface area contributed by atoms with Crippen LogP contribution in [-0.2, 0) is 0 Å². The van der Waals surface area contributed by atoms with Crippen molar-refractivity contribution in [2.45, 2.75) is 18.8 Å². The fourth-order valence-electron chi connectivity index (χ4n) is 3.16. The zero-order chi connectivity index (χ0) is 16.7. The SMILES string of the molecule is O=C(c1nc2ccc(Cl)cn2c1F)N1CCC[C@@H](c2ncc[nH]2)C1. The number of aromatic nitrogens is 4. The fraction of sp³-hybridized carbons (Fsp3) is 0.312. The lowest BCUT2D eigenvalue weighted by Crippen LogP contribution is -2.39. The predicted octanol–water partition coefficient (Wildman–Crippen LogP) is 2.87. The number of amides is 1. The summed E-state index contributed by atoms with van der Waals surface area (Å²) in [5, 5.41) is 0.383. The van der Waals surface area contributed by atoms with Gasteiger partial charge in [0.15, 0.2) is 5.69 Å². The number of carbonyl (C=O) groups excluding carboxylic acids is 1. The molecule has 1 N–H and O–H groups in total. The van der Waals surface area contributed by atoms with Crippen molar-refractivity contribution in [1.29, 1.82) is 0 Å². The highest BCUT2D eigenvalue weighted by molar-refractivity contribution is 6.30. The average molecular weight is 348 g/mol. The van der Waals surface area contributed by atoms with Crippen LogP contribution in [0.5, 0.6) is 0 Å². The highest BCUT2D eigenvalue weighted by atomic mass is 35.5. The minimum Gasteiger partial charge on any atom is -0.348 e. The van der Waals surface area contributed by atoms with E-state index in [-0.39, 0.29) is 11.6 Å². The summed E-state index contributed by atoms with van der Waals surface area (Å²) in [7, 11) is 0. The van der Waals surface area contributed by atoms with Crippen LogP contribution < -0.4 is 0 Å². The Kier molecular flexibility index (Phi) is 3.72. The third-order valence-corrected chi connectivity index (χ3v) is 4.56. The van der Waals surface area contributed by atoms with E-state index in [0.717, 1.165) is 18.7 Å². The molecule has 1 saturated heterocycles. The molecular weight excluding hydrogens is 333 g/mol. The maximum absolute atomic E-state index is 14.6. The molecule has 1 aliphatic heterocycles. The molecule has 24 heavy (non-hydrogen) atoms. The van der Waals surface area contributed by atoms with E-state index in [2.05, 4.69) is 15.0 Å². The van der Waals surface area contributed by atoms with E-state index in [1.807, 2.05) is 0 Å². The van der Waals surface area contributed by atoms with Gasteiger partial charge in [0.1, 0.15) is 11.5 Å². The van der Waals surface area contributed by atoms with Crippen molar-refractivity contribution in [1.82, 2.24) is 24.3 Å². The molecular formula is C16H15ClFN5O. The predicted molar refractivity (Wildman–Crippen MR) is 86.6 cm³/mol. The Morgan fingerprint density at radius 2 is 2.29 bits per heavy atom. The van der Waals surface area contributed by atoms with Crippen molar-refractivity contribution in [2.75, 3.05) is 13.1 Å². The lowest BCUT2D eigenvalue weighted by Gasteiger charge is -2.31. The molecule has 3 aromatic rings. The van der Waals surface area contributed by atoms with Gasteiger partial charge < -0.3 is 9.88 Å². The van der Waals surface area contributed by atoms with Crippen LogP contribution in [0.1, 0.15) is 35.1 Å².